The summed E-state index contributed by atoms with van der Waals surface area (Å²) in [6.07, 6.45) is 11.9. The molecule has 1 aliphatic heterocycles. The second kappa shape index (κ2) is 16.4. The van der Waals surface area contributed by atoms with Crippen molar-refractivity contribution in [1.82, 2.24) is 20.4 Å². The molecule has 45 heavy (non-hydrogen) atoms. The molecule has 1 heterocycles. The number of hydrogen-bond acceptors (Lipinski definition) is 6. The highest BCUT2D eigenvalue weighted by Crippen LogP contribution is 2.30. The number of benzene rings is 2. The average molecular weight is 638 g/mol. The molecule has 3 fully saturated rings. The van der Waals surface area contributed by atoms with E-state index in [0.717, 1.165) is 43.2 Å². The first-order valence-corrected chi connectivity index (χ1v) is 17.1. The summed E-state index contributed by atoms with van der Waals surface area (Å²) in [5, 5.41) is 7.10. The van der Waals surface area contributed by atoms with Crippen molar-refractivity contribution in [2.75, 3.05) is 19.6 Å². The lowest BCUT2D eigenvalue weighted by atomic mass is 9.83. The standard InChI is InChI=1S/C35H48ClN5O4/c36-29-13-7-8-14-32(29)45-35(44)40-19-20-41(31(24-40)33(42)38-23-27-17-15-26(22-37)16-18-27)34(43)30(21-25-9-3-1-4-10-25)39-28-11-5-2-6-12-28/h7-8,13-18,25,28,30-31,39H,1-6,9-12,19-24,37H2,(H,38,42)/t30-,31+/m1/s1. The van der Waals surface area contributed by atoms with Gasteiger partial charge in [-0.05, 0) is 48.4 Å². The van der Waals surface area contributed by atoms with Gasteiger partial charge < -0.3 is 30.9 Å². The maximum absolute atomic E-state index is 14.4. The summed E-state index contributed by atoms with van der Waals surface area (Å²) < 4.78 is 5.61. The van der Waals surface area contributed by atoms with Gasteiger partial charge in [-0.15, -0.1) is 0 Å². The van der Waals surface area contributed by atoms with E-state index in [1.165, 1.54) is 43.4 Å². The molecule has 2 aliphatic carbocycles. The highest BCUT2D eigenvalue weighted by atomic mass is 35.5. The van der Waals surface area contributed by atoms with E-state index in [4.69, 9.17) is 22.1 Å². The summed E-state index contributed by atoms with van der Waals surface area (Å²) in [4.78, 5) is 44.7. The van der Waals surface area contributed by atoms with Crippen molar-refractivity contribution in [2.45, 2.75) is 102 Å². The largest absolute Gasteiger partial charge is 0.415 e. The van der Waals surface area contributed by atoms with Crippen LogP contribution in [0.2, 0.25) is 5.02 Å². The Labute approximate surface area is 272 Å². The maximum Gasteiger partial charge on any atom is 0.415 e. The molecule has 0 radical (unpaired) electrons. The van der Waals surface area contributed by atoms with E-state index >= 15 is 0 Å². The molecule has 5 rings (SSSR count). The van der Waals surface area contributed by atoms with Gasteiger partial charge >= 0.3 is 6.09 Å². The quantitative estimate of drug-likeness (QED) is 0.322. The number of nitrogens with zero attached hydrogens (tertiary/aromatic N) is 2. The fraction of sp³-hybridized carbons (Fsp3) is 0.571. The minimum absolute atomic E-state index is 0.0343. The molecule has 244 valence electrons. The molecular formula is C35H48ClN5O4. The Morgan fingerprint density at radius 2 is 1.56 bits per heavy atom. The van der Waals surface area contributed by atoms with Crippen LogP contribution in [0.3, 0.4) is 0 Å². The number of carbonyl (C=O) groups excluding carboxylic acids is 3. The summed E-state index contributed by atoms with van der Waals surface area (Å²) in [5.41, 5.74) is 7.68. The van der Waals surface area contributed by atoms with Gasteiger partial charge in [-0.3, -0.25) is 9.59 Å². The SMILES string of the molecule is NCc1ccc(CNC(=O)[C@@H]2CN(C(=O)Oc3ccccc3Cl)CCN2C(=O)[C@@H](CC2CCCCC2)NC2CCCCC2)cc1. The minimum atomic E-state index is -0.852. The van der Waals surface area contributed by atoms with Gasteiger partial charge in [0, 0.05) is 32.2 Å². The van der Waals surface area contributed by atoms with E-state index in [-0.39, 0.29) is 43.2 Å². The molecule has 0 bridgehead atoms. The fourth-order valence-electron chi connectivity index (χ4n) is 6.97. The molecule has 0 aromatic heterocycles. The van der Waals surface area contributed by atoms with Gasteiger partial charge in [0.25, 0.3) is 0 Å². The lowest BCUT2D eigenvalue weighted by Gasteiger charge is -2.42. The van der Waals surface area contributed by atoms with Crippen LogP contribution in [0.1, 0.15) is 81.8 Å². The fourth-order valence-corrected chi connectivity index (χ4v) is 7.15. The first-order valence-electron chi connectivity index (χ1n) is 16.7. The molecular weight excluding hydrogens is 590 g/mol. The third-order valence-electron chi connectivity index (χ3n) is 9.62. The molecule has 1 saturated heterocycles. The predicted molar refractivity (Wildman–Crippen MR) is 176 cm³/mol. The van der Waals surface area contributed by atoms with Crippen LogP contribution in [0, 0.1) is 5.92 Å². The van der Waals surface area contributed by atoms with E-state index in [2.05, 4.69) is 10.6 Å². The van der Waals surface area contributed by atoms with Crippen LogP contribution >= 0.6 is 11.6 Å². The number of hydrogen-bond donors (Lipinski definition) is 3. The summed E-state index contributed by atoms with van der Waals surface area (Å²) in [5.74, 6) is 0.418. The molecule has 2 aromatic rings. The van der Waals surface area contributed by atoms with Crippen molar-refractivity contribution in [1.29, 1.82) is 0 Å². The van der Waals surface area contributed by atoms with Crippen LogP contribution in [0.15, 0.2) is 48.5 Å². The molecule has 9 nitrogen and oxygen atoms in total. The van der Waals surface area contributed by atoms with E-state index < -0.39 is 12.1 Å². The van der Waals surface area contributed by atoms with Gasteiger partial charge in [-0.25, -0.2) is 4.79 Å². The van der Waals surface area contributed by atoms with E-state index in [1.54, 1.807) is 29.2 Å². The van der Waals surface area contributed by atoms with Crippen LogP contribution in [-0.4, -0.2) is 65.5 Å². The van der Waals surface area contributed by atoms with Crippen molar-refractivity contribution in [3.63, 3.8) is 0 Å². The molecule has 2 saturated carbocycles. The number of para-hydroxylation sites is 1. The molecule has 0 unspecified atom stereocenters. The first kappa shape index (κ1) is 33.2. The van der Waals surface area contributed by atoms with Gasteiger partial charge in [0.15, 0.2) is 5.75 Å². The second-order valence-electron chi connectivity index (χ2n) is 12.8. The van der Waals surface area contributed by atoms with Crippen LogP contribution in [-0.2, 0) is 22.7 Å². The zero-order chi connectivity index (χ0) is 31.6. The highest BCUT2D eigenvalue weighted by Gasteiger charge is 2.41. The van der Waals surface area contributed by atoms with Crippen molar-refractivity contribution in [2.24, 2.45) is 11.7 Å². The van der Waals surface area contributed by atoms with Crippen LogP contribution in [0.25, 0.3) is 0 Å². The van der Waals surface area contributed by atoms with Crippen LogP contribution in [0.4, 0.5) is 4.79 Å². The van der Waals surface area contributed by atoms with Gasteiger partial charge in [0.2, 0.25) is 11.8 Å². The first-order chi connectivity index (χ1) is 21.9. The molecule has 3 aliphatic rings. The Kier molecular flexibility index (Phi) is 12.1. The number of nitrogens with two attached hydrogens (primary N) is 1. The topological polar surface area (TPSA) is 117 Å². The number of carbonyl (C=O) groups is 3. The molecule has 0 spiro atoms. The molecule has 2 atom stereocenters. The summed E-state index contributed by atoms with van der Waals surface area (Å²) in [6.45, 7) is 1.29. The van der Waals surface area contributed by atoms with Crippen molar-refractivity contribution < 1.29 is 19.1 Å². The number of ether oxygens (including phenoxy) is 1. The van der Waals surface area contributed by atoms with Gasteiger partial charge in [0.05, 0.1) is 17.6 Å². The minimum Gasteiger partial charge on any atom is -0.409 e. The summed E-state index contributed by atoms with van der Waals surface area (Å²) in [6, 6.07) is 13.7. The smallest absolute Gasteiger partial charge is 0.409 e. The van der Waals surface area contributed by atoms with Crippen molar-refractivity contribution >= 4 is 29.5 Å². The van der Waals surface area contributed by atoms with Crippen molar-refractivity contribution in [3.8, 4) is 5.75 Å². The average Bonchev–Trinajstić information content (AvgIpc) is 3.08. The third-order valence-corrected chi connectivity index (χ3v) is 9.93. The van der Waals surface area contributed by atoms with Crippen molar-refractivity contribution in [3.05, 3.63) is 64.7 Å². The number of halogens is 1. The molecule has 10 heteroatoms. The number of piperazine rings is 1. The Morgan fingerprint density at radius 3 is 2.24 bits per heavy atom. The predicted octanol–water partition coefficient (Wildman–Crippen LogP) is 5.39. The molecule has 4 N–H and O–H groups in total. The lowest BCUT2D eigenvalue weighted by Crippen LogP contribution is -2.64. The monoisotopic (exact) mass is 637 g/mol. The number of rotatable bonds is 10. The Hall–Kier alpha value is -3.14. The Bertz CT molecular complexity index is 1260. The highest BCUT2D eigenvalue weighted by molar-refractivity contribution is 6.32. The summed E-state index contributed by atoms with van der Waals surface area (Å²) >= 11 is 6.24. The normalized spacial score (nSPS) is 20.4. The Morgan fingerprint density at radius 1 is 0.889 bits per heavy atom. The van der Waals surface area contributed by atoms with E-state index in [0.29, 0.717) is 30.1 Å². The molecule has 2 aromatic carbocycles. The van der Waals surface area contributed by atoms with E-state index in [1.807, 2.05) is 24.3 Å². The maximum atomic E-state index is 14.4. The van der Waals surface area contributed by atoms with Crippen LogP contribution < -0.4 is 21.1 Å². The van der Waals surface area contributed by atoms with Gasteiger partial charge in [-0.1, -0.05) is 99.4 Å². The third kappa shape index (κ3) is 9.21. The summed E-state index contributed by atoms with van der Waals surface area (Å²) in [7, 11) is 0. The zero-order valence-corrected chi connectivity index (χ0v) is 27.0. The molecule has 3 amide bonds. The number of amides is 3. The second-order valence-corrected chi connectivity index (χ2v) is 13.2. The number of nitrogens with one attached hydrogen (secondary N) is 2. The van der Waals surface area contributed by atoms with Gasteiger partial charge in [-0.2, -0.15) is 0 Å². The zero-order valence-electron chi connectivity index (χ0n) is 26.2. The van der Waals surface area contributed by atoms with E-state index in [9.17, 15) is 14.4 Å². The Balaban J connectivity index is 1.33. The van der Waals surface area contributed by atoms with Crippen LogP contribution in [0.5, 0.6) is 5.75 Å². The van der Waals surface area contributed by atoms with Gasteiger partial charge in [0.1, 0.15) is 6.04 Å². The lowest BCUT2D eigenvalue weighted by molar-refractivity contribution is -0.145.